The Kier molecular flexibility index (Phi) is 6.59. The largest absolute Gasteiger partial charge is 0.333 e. The van der Waals surface area contributed by atoms with Gasteiger partial charge < -0.3 is 0 Å². The third kappa shape index (κ3) is 11.6. The van der Waals surface area contributed by atoms with Crippen molar-refractivity contribution in [3.8, 4) is 0 Å². The van der Waals surface area contributed by atoms with E-state index in [9.17, 15) is 8.42 Å². The molecule has 0 radical (unpaired) electrons. The van der Waals surface area contributed by atoms with Gasteiger partial charge in [-0.25, -0.2) is 0 Å². The molecular formula is C3H10ClNO3S. The molecule has 0 fully saturated rings. The van der Waals surface area contributed by atoms with E-state index >= 15 is 0 Å². The number of hydrogen-bond acceptors (Lipinski definition) is 2. The van der Waals surface area contributed by atoms with Crippen LogP contribution in [0, 0.1) is 0 Å². The Morgan fingerprint density at radius 2 is 2.00 bits per heavy atom. The average molecular weight is 176 g/mol. The van der Waals surface area contributed by atoms with E-state index in [1.54, 1.807) is 6.92 Å². The molecule has 0 heterocycles. The van der Waals surface area contributed by atoms with Gasteiger partial charge in [-0.2, -0.15) is 13.1 Å². The second-order valence-electron chi connectivity index (χ2n) is 1.37. The van der Waals surface area contributed by atoms with E-state index in [0.717, 1.165) is 0 Å². The molecule has 0 spiro atoms. The molecule has 2 N–H and O–H groups in total. The highest BCUT2D eigenvalue weighted by Crippen LogP contribution is 1.74. The molecule has 0 amide bonds. The summed E-state index contributed by atoms with van der Waals surface area (Å²) >= 11 is 0. The monoisotopic (exact) mass is 175 g/mol. The Morgan fingerprint density at radius 3 is 2.11 bits per heavy atom. The summed E-state index contributed by atoms with van der Waals surface area (Å²) in [5, 5.41) is 0. The lowest BCUT2D eigenvalue weighted by atomic mass is 10.5. The summed E-state index contributed by atoms with van der Waals surface area (Å²) in [5.41, 5.74) is 0. The second kappa shape index (κ2) is 4.99. The maximum atomic E-state index is 9.83. The van der Waals surface area contributed by atoms with Crippen LogP contribution < -0.4 is 4.72 Å². The fraction of sp³-hybridized carbons (Fsp3) is 1.00. The molecule has 0 bridgehead atoms. The Hall–Kier alpha value is 0.160. The van der Waals surface area contributed by atoms with Crippen LogP contribution in [0.4, 0.5) is 0 Å². The molecule has 6 heteroatoms. The Balaban J connectivity index is 0. The topological polar surface area (TPSA) is 66.4 Å². The van der Waals surface area contributed by atoms with Crippen LogP contribution in [-0.4, -0.2) is 19.5 Å². The number of rotatable bonds is 3. The van der Waals surface area contributed by atoms with Crippen LogP contribution in [0.2, 0.25) is 0 Å². The Bertz CT molecular complexity index is 143. The van der Waals surface area contributed by atoms with E-state index in [2.05, 4.69) is 0 Å². The van der Waals surface area contributed by atoms with Crippen LogP contribution >= 0.6 is 12.4 Å². The molecule has 0 unspecified atom stereocenters. The number of halogens is 1. The SMILES string of the molecule is CCCNS(=O)(=O)O.Cl. The van der Waals surface area contributed by atoms with Crippen LogP contribution in [0.15, 0.2) is 0 Å². The van der Waals surface area contributed by atoms with Gasteiger partial charge in [0, 0.05) is 6.54 Å². The quantitative estimate of drug-likeness (QED) is 0.603. The predicted octanol–water partition coefficient (Wildman–Crippen LogP) is 0.211. The zero-order chi connectivity index (χ0) is 6.62. The number of nitrogens with one attached hydrogen (secondary N) is 1. The molecule has 0 aliphatic carbocycles. The van der Waals surface area contributed by atoms with Gasteiger partial charge >= 0.3 is 10.3 Å². The average Bonchev–Trinajstić information content (AvgIpc) is 1.59. The molecule has 0 aliphatic heterocycles. The van der Waals surface area contributed by atoms with Gasteiger partial charge in [-0.1, -0.05) is 6.92 Å². The molecule has 9 heavy (non-hydrogen) atoms. The molecule has 58 valence electrons. The van der Waals surface area contributed by atoms with Crippen molar-refractivity contribution in [3.63, 3.8) is 0 Å². The van der Waals surface area contributed by atoms with Gasteiger partial charge in [0.15, 0.2) is 0 Å². The third-order valence-corrected chi connectivity index (χ3v) is 1.10. The maximum Gasteiger partial charge on any atom is 0.333 e. The minimum absolute atomic E-state index is 0. The van der Waals surface area contributed by atoms with Crippen molar-refractivity contribution < 1.29 is 13.0 Å². The first-order valence-corrected chi connectivity index (χ1v) is 3.72. The van der Waals surface area contributed by atoms with Crippen molar-refractivity contribution >= 4 is 22.7 Å². The lowest BCUT2D eigenvalue weighted by Crippen LogP contribution is -2.22. The van der Waals surface area contributed by atoms with E-state index in [1.165, 1.54) is 0 Å². The zero-order valence-corrected chi connectivity index (χ0v) is 6.63. The van der Waals surface area contributed by atoms with Gasteiger partial charge in [0.05, 0.1) is 0 Å². The number of hydrogen-bond donors (Lipinski definition) is 2. The Morgan fingerprint density at radius 1 is 1.56 bits per heavy atom. The first-order chi connectivity index (χ1) is 3.56. The summed E-state index contributed by atoms with van der Waals surface area (Å²) in [6.07, 6.45) is 0.680. The van der Waals surface area contributed by atoms with Crippen LogP contribution in [0.5, 0.6) is 0 Å². The highest BCUT2D eigenvalue weighted by Gasteiger charge is 1.97. The normalized spacial score (nSPS) is 10.4. The van der Waals surface area contributed by atoms with Gasteiger partial charge in [-0.05, 0) is 6.42 Å². The summed E-state index contributed by atoms with van der Waals surface area (Å²) < 4.78 is 29.6. The van der Waals surface area contributed by atoms with Gasteiger partial charge in [0.25, 0.3) is 0 Å². The van der Waals surface area contributed by atoms with Crippen molar-refractivity contribution in [2.75, 3.05) is 6.54 Å². The fourth-order valence-electron chi connectivity index (χ4n) is 0.231. The van der Waals surface area contributed by atoms with E-state index in [0.29, 0.717) is 13.0 Å². The molecule has 0 rings (SSSR count). The maximum absolute atomic E-state index is 9.83. The van der Waals surface area contributed by atoms with Crippen LogP contribution in [0.1, 0.15) is 13.3 Å². The van der Waals surface area contributed by atoms with Crippen molar-refractivity contribution in [2.45, 2.75) is 13.3 Å². The van der Waals surface area contributed by atoms with E-state index in [1.807, 2.05) is 4.72 Å². The van der Waals surface area contributed by atoms with Gasteiger partial charge in [0.2, 0.25) is 0 Å². The summed E-state index contributed by atoms with van der Waals surface area (Å²) in [6.45, 7) is 2.09. The molecule has 0 aliphatic rings. The molecule has 0 aromatic heterocycles. The molecule has 0 aromatic carbocycles. The second-order valence-corrected chi connectivity index (χ2v) is 2.61. The third-order valence-electron chi connectivity index (χ3n) is 0.534. The minimum Gasteiger partial charge on any atom is -0.273 e. The van der Waals surface area contributed by atoms with Crippen molar-refractivity contribution in [2.24, 2.45) is 0 Å². The molecular weight excluding hydrogens is 166 g/mol. The van der Waals surface area contributed by atoms with Crippen molar-refractivity contribution in [3.05, 3.63) is 0 Å². The standard InChI is InChI=1S/C3H9NO3S.ClH/c1-2-3-4-8(5,6)7;/h4H,2-3H2,1H3,(H,5,6,7);1H. The molecule has 0 saturated carbocycles. The van der Waals surface area contributed by atoms with E-state index < -0.39 is 10.3 Å². The zero-order valence-electron chi connectivity index (χ0n) is 4.99. The van der Waals surface area contributed by atoms with E-state index in [-0.39, 0.29) is 12.4 Å². The van der Waals surface area contributed by atoms with Gasteiger partial charge in [0.1, 0.15) is 0 Å². The van der Waals surface area contributed by atoms with E-state index in [4.69, 9.17) is 4.55 Å². The lowest BCUT2D eigenvalue weighted by molar-refractivity contribution is 0.467. The summed E-state index contributed by atoms with van der Waals surface area (Å²) in [7, 11) is -3.94. The Labute approximate surface area is 60.9 Å². The van der Waals surface area contributed by atoms with Gasteiger partial charge in [-0.3, -0.25) is 4.55 Å². The summed E-state index contributed by atoms with van der Waals surface area (Å²) in [4.78, 5) is 0. The first-order valence-electron chi connectivity index (χ1n) is 2.28. The van der Waals surface area contributed by atoms with Crippen molar-refractivity contribution in [1.29, 1.82) is 0 Å². The lowest BCUT2D eigenvalue weighted by Gasteiger charge is -1.93. The molecule has 0 atom stereocenters. The smallest absolute Gasteiger partial charge is 0.273 e. The highest BCUT2D eigenvalue weighted by molar-refractivity contribution is 7.83. The van der Waals surface area contributed by atoms with Gasteiger partial charge in [-0.15, -0.1) is 12.4 Å². The first kappa shape index (κ1) is 11.9. The molecule has 4 nitrogen and oxygen atoms in total. The summed E-state index contributed by atoms with van der Waals surface area (Å²) in [5.74, 6) is 0. The molecule has 0 aromatic rings. The summed E-state index contributed by atoms with van der Waals surface area (Å²) in [6, 6.07) is 0. The molecule has 0 saturated heterocycles. The predicted molar refractivity (Wildman–Crippen MR) is 37.1 cm³/mol. The van der Waals surface area contributed by atoms with Crippen LogP contribution in [0.3, 0.4) is 0 Å². The highest BCUT2D eigenvalue weighted by atomic mass is 35.5. The van der Waals surface area contributed by atoms with Crippen LogP contribution in [0.25, 0.3) is 0 Å². The van der Waals surface area contributed by atoms with Crippen LogP contribution in [-0.2, 0) is 10.3 Å². The minimum atomic E-state index is -3.94. The van der Waals surface area contributed by atoms with Crippen molar-refractivity contribution in [1.82, 2.24) is 4.72 Å². The fourth-order valence-corrected chi connectivity index (χ4v) is 0.693.